The second-order valence-electron chi connectivity index (χ2n) is 6.65. The quantitative estimate of drug-likeness (QED) is 0.538. The minimum absolute atomic E-state index is 0.309. The van der Waals surface area contributed by atoms with Crippen LogP contribution in [0.3, 0.4) is 0 Å². The van der Waals surface area contributed by atoms with Crippen molar-refractivity contribution in [3.8, 4) is 0 Å². The molecule has 1 saturated carbocycles. The minimum atomic E-state index is -5.00. The highest BCUT2D eigenvalue weighted by Gasteiger charge is 2.37. The van der Waals surface area contributed by atoms with Crippen molar-refractivity contribution in [2.75, 3.05) is 0 Å². The second-order valence-corrected chi connectivity index (χ2v) is 6.65. The molecule has 1 aromatic carbocycles. The third-order valence-corrected chi connectivity index (χ3v) is 4.89. The number of aryl methyl sites for hydroxylation is 1. The summed E-state index contributed by atoms with van der Waals surface area (Å²) in [7, 11) is 0. The van der Waals surface area contributed by atoms with Gasteiger partial charge in [0.2, 0.25) is 0 Å². The van der Waals surface area contributed by atoms with Crippen molar-refractivity contribution >= 4 is 0 Å². The van der Waals surface area contributed by atoms with Gasteiger partial charge in [-0.2, -0.15) is 13.2 Å². The molecular weight excluding hydrogens is 311 g/mol. The van der Waals surface area contributed by atoms with Gasteiger partial charge in [0, 0.05) is 0 Å². The first-order valence-electron chi connectivity index (χ1n) is 8.36. The van der Waals surface area contributed by atoms with Gasteiger partial charge in [0.15, 0.2) is 0 Å². The van der Waals surface area contributed by atoms with E-state index in [0.29, 0.717) is 17.9 Å². The maximum atomic E-state index is 13.5. The molecule has 0 spiro atoms. The molecule has 0 saturated heterocycles. The summed E-state index contributed by atoms with van der Waals surface area (Å²) in [6, 6.07) is 1.66. The molecule has 0 N–H and O–H groups in total. The van der Waals surface area contributed by atoms with E-state index < -0.39 is 23.4 Å². The number of halogens is 5. The molecular formula is C18H23F5. The Bertz CT molecular complexity index is 490. The Labute approximate surface area is 134 Å². The van der Waals surface area contributed by atoms with Crippen LogP contribution in [0.2, 0.25) is 0 Å². The lowest BCUT2D eigenvalue weighted by atomic mass is 9.78. The van der Waals surface area contributed by atoms with E-state index in [1.165, 1.54) is 25.7 Å². The van der Waals surface area contributed by atoms with E-state index in [4.69, 9.17) is 0 Å². The zero-order chi connectivity index (χ0) is 17.0. The van der Waals surface area contributed by atoms with Crippen molar-refractivity contribution in [2.24, 2.45) is 11.8 Å². The van der Waals surface area contributed by atoms with Crippen molar-refractivity contribution in [1.29, 1.82) is 0 Å². The summed E-state index contributed by atoms with van der Waals surface area (Å²) < 4.78 is 64.7. The van der Waals surface area contributed by atoms with Gasteiger partial charge in [-0.05, 0) is 42.4 Å². The molecule has 1 fully saturated rings. The molecule has 2 rings (SSSR count). The number of hydrogen-bond acceptors (Lipinski definition) is 0. The Morgan fingerprint density at radius 1 is 0.913 bits per heavy atom. The first-order chi connectivity index (χ1) is 10.8. The zero-order valence-electron chi connectivity index (χ0n) is 13.4. The van der Waals surface area contributed by atoms with Gasteiger partial charge < -0.3 is 0 Å². The zero-order valence-corrected chi connectivity index (χ0v) is 13.4. The van der Waals surface area contributed by atoms with Crippen molar-refractivity contribution in [3.05, 3.63) is 34.9 Å². The van der Waals surface area contributed by atoms with Crippen LogP contribution >= 0.6 is 0 Å². The first-order valence-corrected chi connectivity index (χ1v) is 8.36. The van der Waals surface area contributed by atoms with Gasteiger partial charge in [-0.25, -0.2) is 8.78 Å². The van der Waals surface area contributed by atoms with Gasteiger partial charge in [-0.15, -0.1) is 0 Å². The fourth-order valence-electron chi connectivity index (χ4n) is 3.63. The Hall–Kier alpha value is -1.13. The van der Waals surface area contributed by atoms with Crippen LogP contribution in [0.15, 0.2) is 12.1 Å². The number of benzene rings is 1. The molecule has 1 aromatic rings. The molecule has 0 amide bonds. The first kappa shape index (κ1) is 18.2. The van der Waals surface area contributed by atoms with Crippen LogP contribution < -0.4 is 0 Å². The summed E-state index contributed by atoms with van der Waals surface area (Å²) in [6.45, 7) is 2.18. The molecule has 0 aromatic heterocycles. The van der Waals surface area contributed by atoms with Gasteiger partial charge >= 0.3 is 6.18 Å². The Morgan fingerprint density at radius 3 is 1.83 bits per heavy atom. The fraction of sp³-hybridized carbons (Fsp3) is 0.667. The molecule has 0 heterocycles. The highest BCUT2D eigenvalue weighted by Crippen LogP contribution is 2.36. The third kappa shape index (κ3) is 4.92. The number of alkyl halides is 3. The average molecular weight is 334 g/mol. The molecule has 0 nitrogen and oxygen atoms in total. The molecule has 1 aliphatic carbocycles. The number of hydrogen-bond donors (Lipinski definition) is 0. The molecule has 1 aliphatic rings. The summed E-state index contributed by atoms with van der Waals surface area (Å²) in [5.41, 5.74) is -1.48. The van der Waals surface area contributed by atoms with Crippen molar-refractivity contribution in [2.45, 2.75) is 64.5 Å². The van der Waals surface area contributed by atoms with Crippen molar-refractivity contribution < 1.29 is 22.0 Å². The minimum Gasteiger partial charge on any atom is -0.206 e. The van der Waals surface area contributed by atoms with Gasteiger partial charge in [0.1, 0.15) is 17.2 Å². The van der Waals surface area contributed by atoms with Crippen LogP contribution in [0.4, 0.5) is 22.0 Å². The third-order valence-electron chi connectivity index (χ3n) is 4.89. The van der Waals surface area contributed by atoms with Crippen LogP contribution in [0.1, 0.15) is 63.0 Å². The molecule has 130 valence electrons. The van der Waals surface area contributed by atoms with E-state index in [1.807, 2.05) is 0 Å². The van der Waals surface area contributed by atoms with E-state index in [9.17, 15) is 22.0 Å². The van der Waals surface area contributed by atoms with Gasteiger partial charge in [0.25, 0.3) is 0 Å². The largest absolute Gasteiger partial charge is 0.422 e. The highest BCUT2D eigenvalue weighted by atomic mass is 19.4. The van der Waals surface area contributed by atoms with Crippen LogP contribution in [-0.4, -0.2) is 0 Å². The molecule has 0 unspecified atom stereocenters. The van der Waals surface area contributed by atoms with E-state index in [2.05, 4.69) is 6.92 Å². The van der Waals surface area contributed by atoms with Crippen LogP contribution in [0, 0.1) is 23.5 Å². The predicted octanol–water partition coefficient (Wildman–Crippen LogP) is 6.52. The Morgan fingerprint density at radius 2 is 1.39 bits per heavy atom. The standard InChI is InChI=1S/C18H23F5/c1-2-3-12-4-6-13(7-5-12)8-9-14-10-15(19)17(16(20)11-14)18(21,22)23/h10-13H,2-9H2,1H3. The Kier molecular flexibility index (Phi) is 6.04. The topological polar surface area (TPSA) is 0 Å². The van der Waals surface area contributed by atoms with Gasteiger partial charge in [0.05, 0.1) is 0 Å². The molecule has 23 heavy (non-hydrogen) atoms. The van der Waals surface area contributed by atoms with Gasteiger partial charge in [-0.3, -0.25) is 0 Å². The number of rotatable bonds is 5. The van der Waals surface area contributed by atoms with Crippen molar-refractivity contribution in [1.82, 2.24) is 0 Å². The monoisotopic (exact) mass is 334 g/mol. The lowest BCUT2D eigenvalue weighted by molar-refractivity contribution is -0.142. The smallest absolute Gasteiger partial charge is 0.206 e. The lowest BCUT2D eigenvalue weighted by Gasteiger charge is -2.28. The van der Waals surface area contributed by atoms with Crippen LogP contribution in [0.5, 0.6) is 0 Å². The fourth-order valence-corrected chi connectivity index (χ4v) is 3.63. The molecule has 0 aliphatic heterocycles. The van der Waals surface area contributed by atoms with E-state index >= 15 is 0 Å². The summed E-state index contributed by atoms with van der Waals surface area (Å²) >= 11 is 0. The SMILES string of the molecule is CCCC1CCC(CCc2cc(F)c(C(F)(F)F)c(F)c2)CC1. The molecule has 0 bridgehead atoms. The maximum Gasteiger partial charge on any atom is 0.422 e. The average Bonchev–Trinajstić information content (AvgIpc) is 2.44. The van der Waals surface area contributed by atoms with Gasteiger partial charge in [-0.1, -0.05) is 45.4 Å². The predicted molar refractivity (Wildman–Crippen MR) is 80.0 cm³/mol. The lowest BCUT2D eigenvalue weighted by Crippen LogP contribution is -2.15. The highest BCUT2D eigenvalue weighted by molar-refractivity contribution is 5.28. The maximum absolute atomic E-state index is 13.5. The summed E-state index contributed by atoms with van der Waals surface area (Å²) in [4.78, 5) is 0. The van der Waals surface area contributed by atoms with Crippen LogP contribution in [-0.2, 0) is 12.6 Å². The molecule has 0 atom stereocenters. The normalized spacial score (nSPS) is 22.3. The van der Waals surface area contributed by atoms with E-state index in [-0.39, 0.29) is 0 Å². The Balaban J connectivity index is 1.92. The summed E-state index contributed by atoms with van der Waals surface area (Å²) in [6.07, 6.45) is 3.25. The van der Waals surface area contributed by atoms with Crippen molar-refractivity contribution in [3.63, 3.8) is 0 Å². The summed E-state index contributed by atoms with van der Waals surface area (Å²) in [5, 5.41) is 0. The second kappa shape index (κ2) is 7.63. The summed E-state index contributed by atoms with van der Waals surface area (Å²) in [5.74, 6) is -1.73. The van der Waals surface area contributed by atoms with E-state index in [0.717, 1.165) is 37.3 Å². The van der Waals surface area contributed by atoms with E-state index in [1.54, 1.807) is 0 Å². The molecule has 0 radical (unpaired) electrons. The molecule has 5 heteroatoms. The van der Waals surface area contributed by atoms with Crippen LogP contribution in [0.25, 0.3) is 0 Å².